The van der Waals surface area contributed by atoms with Gasteiger partial charge in [-0.2, -0.15) is 0 Å². The normalized spacial score (nSPS) is 17.8. The molecule has 1 aliphatic carbocycles. The minimum Gasteiger partial charge on any atom is -0.369 e. The van der Waals surface area contributed by atoms with Crippen molar-refractivity contribution in [2.24, 2.45) is 0 Å². The second-order valence-electron chi connectivity index (χ2n) is 8.74. The Balaban J connectivity index is 1.24. The molecule has 5 rings (SSSR count). The van der Waals surface area contributed by atoms with Crippen LogP contribution in [0.3, 0.4) is 0 Å². The van der Waals surface area contributed by atoms with E-state index in [0.29, 0.717) is 11.3 Å². The molecular formula is C23H28N6O. The highest BCUT2D eigenvalue weighted by molar-refractivity contribution is 5.81. The molecule has 7 nitrogen and oxygen atoms in total. The van der Waals surface area contributed by atoms with Gasteiger partial charge in [0, 0.05) is 68.3 Å². The molecule has 2 aliphatic rings. The molecule has 30 heavy (non-hydrogen) atoms. The van der Waals surface area contributed by atoms with Gasteiger partial charge in [-0.15, -0.1) is 0 Å². The predicted octanol–water partition coefficient (Wildman–Crippen LogP) is 2.97. The van der Waals surface area contributed by atoms with Crippen molar-refractivity contribution in [3.63, 3.8) is 0 Å². The second kappa shape index (κ2) is 7.80. The summed E-state index contributed by atoms with van der Waals surface area (Å²) < 4.78 is 1.68. The molecule has 1 saturated heterocycles. The summed E-state index contributed by atoms with van der Waals surface area (Å²) in [7, 11) is 0. The maximum absolute atomic E-state index is 12.6. The third-order valence-electron chi connectivity index (χ3n) is 6.14. The summed E-state index contributed by atoms with van der Waals surface area (Å²) in [5, 5.41) is 0.684. The van der Waals surface area contributed by atoms with Gasteiger partial charge in [0.2, 0.25) is 0 Å². The summed E-state index contributed by atoms with van der Waals surface area (Å²) in [6.45, 7) is 8.78. The molecule has 2 aromatic heterocycles. The molecule has 1 aliphatic heterocycles. The molecule has 0 spiro atoms. The molecule has 156 valence electrons. The van der Waals surface area contributed by atoms with Crippen LogP contribution in [0, 0.1) is 0 Å². The zero-order chi connectivity index (χ0) is 20.7. The standard InChI is InChI=1S/C23H28N6O/c1-16(2)29-15-26-21-11-19(5-6-20(21)23(29)30)28-9-7-27(8-10-28)14-17-12-24-22(25-13-17)18-3-4-18/h5-6,11-13,15-16,18H,3-4,7-10,14H2,1-2H3. The fourth-order valence-electron chi connectivity index (χ4n) is 4.11. The lowest BCUT2D eigenvalue weighted by Gasteiger charge is -2.36. The number of hydrogen-bond acceptors (Lipinski definition) is 6. The van der Waals surface area contributed by atoms with Crippen molar-refractivity contribution in [3.8, 4) is 0 Å². The molecule has 0 atom stereocenters. The Bertz CT molecular complexity index is 1090. The van der Waals surface area contributed by atoms with Crippen molar-refractivity contribution in [3.05, 3.63) is 58.7 Å². The average molecular weight is 405 g/mol. The number of hydrogen-bond donors (Lipinski definition) is 0. The minimum absolute atomic E-state index is 0.0290. The predicted molar refractivity (Wildman–Crippen MR) is 118 cm³/mol. The zero-order valence-electron chi connectivity index (χ0n) is 17.7. The number of aromatic nitrogens is 4. The van der Waals surface area contributed by atoms with E-state index in [4.69, 9.17) is 0 Å². The first-order chi connectivity index (χ1) is 14.6. The van der Waals surface area contributed by atoms with E-state index in [9.17, 15) is 4.79 Å². The molecule has 0 N–H and O–H groups in total. The molecule has 3 aromatic rings. The van der Waals surface area contributed by atoms with Gasteiger partial charge in [0.25, 0.3) is 5.56 Å². The second-order valence-corrected chi connectivity index (χ2v) is 8.74. The van der Waals surface area contributed by atoms with Crippen LogP contribution in [0.2, 0.25) is 0 Å². The lowest BCUT2D eigenvalue weighted by molar-refractivity contribution is 0.249. The third-order valence-corrected chi connectivity index (χ3v) is 6.14. The van der Waals surface area contributed by atoms with Crippen LogP contribution in [0.15, 0.2) is 41.7 Å². The molecule has 7 heteroatoms. The Hall–Kier alpha value is -2.80. The van der Waals surface area contributed by atoms with Crippen LogP contribution >= 0.6 is 0 Å². The van der Waals surface area contributed by atoms with Gasteiger partial charge in [0.1, 0.15) is 5.82 Å². The highest BCUT2D eigenvalue weighted by Crippen LogP contribution is 2.37. The van der Waals surface area contributed by atoms with Crippen molar-refractivity contribution < 1.29 is 0 Å². The van der Waals surface area contributed by atoms with E-state index in [-0.39, 0.29) is 11.6 Å². The van der Waals surface area contributed by atoms with E-state index in [2.05, 4.69) is 30.8 Å². The molecule has 2 fully saturated rings. The van der Waals surface area contributed by atoms with Gasteiger partial charge < -0.3 is 4.90 Å². The van der Waals surface area contributed by atoms with Crippen molar-refractivity contribution in [1.82, 2.24) is 24.4 Å². The summed E-state index contributed by atoms with van der Waals surface area (Å²) >= 11 is 0. The highest BCUT2D eigenvalue weighted by Gasteiger charge is 2.26. The minimum atomic E-state index is 0.0290. The first kappa shape index (κ1) is 19.2. The maximum atomic E-state index is 12.6. The summed E-state index contributed by atoms with van der Waals surface area (Å²) in [5.74, 6) is 1.61. The van der Waals surface area contributed by atoms with Crippen LogP contribution in [0.25, 0.3) is 10.9 Å². The Morgan fingerprint density at radius 3 is 2.43 bits per heavy atom. The largest absolute Gasteiger partial charge is 0.369 e. The first-order valence-corrected chi connectivity index (χ1v) is 10.9. The lowest BCUT2D eigenvalue weighted by Crippen LogP contribution is -2.46. The number of fused-ring (bicyclic) bond motifs is 1. The van der Waals surface area contributed by atoms with Crippen LogP contribution in [0.5, 0.6) is 0 Å². The highest BCUT2D eigenvalue weighted by atomic mass is 16.1. The van der Waals surface area contributed by atoms with Crippen LogP contribution in [-0.2, 0) is 6.54 Å². The molecule has 1 aromatic carbocycles. The van der Waals surface area contributed by atoms with Gasteiger partial charge in [-0.1, -0.05) is 0 Å². The number of rotatable bonds is 5. The quantitative estimate of drug-likeness (QED) is 0.651. The first-order valence-electron chi connectivity index (χ1n) is 10.9. The third kappa shape index (κ3) is 3.81. The zero-order valence-corrected chi connectivity index (χ0v) is 17.7. The van der Waals surface area contributed by atoms with Crippen LogP contribution < -0.4 is 10.5 Å². The number of benzene rings is 1. The van der Waals surface area contributed by atoms with E-state index in [0.717, 1.165) is 49.8 Å². The Kier molecular flexibility index (Phi) is 4.98. The van der Waals surface area contributed by atoms with Crippen molar-refractivity contribution in [1.29, 1.82) is 0 Å². The van der Waals surface area contributed by atoms with Crippen LogP contribution in [0.4, 0.5) is 5.69 Å². The summed E-state index contributed by atoms with van der Waals surface area (Å²) in [4.78, 5) is 31.1. The number of anilines is 1. The monoisotopic (exact) mass is 404 g/mol. The molecule has 1 saturated carbocycles. The van der Waals surface area contributed by atoms with E-state index in [1.807, 2.05) is 38.4 Å². The van der Waals surface area contributed by atoms with Crippen LogP contribution in [-0.4, -0.2) is 50.6 Å². The van der Waals surface area contributed by atoms with Gasteiger partial charge in [-0.3, -0.25) is 14.3 Å². The van der Waals surface area contributed by atoms with Crippen LogP contribution in [0.1, 0.15) is 50.0 Å². The van der Waals surface area contributed by atoms with Gasteiger partial charge in [-0.05, 0) is 44.9 Å². The van der Waals surface area contributed by atoms with Crippen molar-refractivity contribution in [2.45, 2.75) is 45.2 Å². The van der Waals surface area contributed by atoms with Gasteiger partial charge >= 0.3 is 0 Å². The molecule has 0 unspecified atom stereocenters. The lowest BCUT2D eigenvalue weighted by atomic mass is 10.2. The van der Waals surface area contributed by atoms with Gasteiger partial charge in [0.15, 0.2) is 0 Å². The number of piperazine rings is 1. The number of nitrogens with zero attached hydrogens (tertiary/aromatic N) is 6. The summed E-state index contributed by atoms with van der Waals surface area (Å²) in [5.41, 5.74) is 3.11. The van der Waals surface area contributed by atoms with E-state index >= 15 is 0 Å². The Labute approximate surface area is 176 Å². The molecule has 0 radical (unpaired) electrons. The fourth-order valence-corrected chi connectivity index (χ4v) is 4.11. The summed E-state index contributed by atoms with van der Waals surface area (Å²) in [6, 6.07) is 6.12. The van der Waals surface area contributed by atoms with Gasteiger partial charge in [0.05, 0.1) is 17.2 Å². The van der Waals surface area contributed by atoms with Gasteiger partial charge in [-0.25, -0.2) is 15.0 Å². The SMILES string of the molecule is CC(C)n1cnc2cc(N3CCN(Cc4cnc(C5CC5)nc4)CC3)ccc2c1=O. The molecular weight excluding hydrogens is 376 g/mol. The fraction of sp³-hybridized carbons (Fsp3) is 0.478. The average Bonchev–Trinajstić information content (AvgIpc) is 3.60. The maximum Gasteiger partial charge on any atom is 0.261 e. The smallest absolute Gasteiger partial charge is 0.261 e. The van der Waals surface area contributed by atoms with Crippen molar-refractivity contribution in [2.75, 3.05) is 31.1 Å². The van der Waals surface area contributed by atoms with Crippen molar-refractivity contribution >= 4 is 16.6 Å². The van der Waals surface area contributed by atoms with E-state index < -0.39 is 0 Å². The summed E-state index contributed by atoms with van der Waals surface area (Å²) in [6.07, 6.45) is 8.12. The Morgan fingerprint density at radius 2 is 1.77 bits per heavy atom. The molecule has 3 heterocycles. The van der Waals surface area contributed by atoms with E-state index in [1.54, 1.807) is 10.9 Å². The topological polar surface area (TPSA) is 67.2 Å². The Morgan fingerprint density at radius 1 is 1.03 bits per heavy atom. The molecule has 0 amide bonds. The molecule has 0 bridgehead atoms. The van der Waals surface area contributed by atoms with E-state index in [1.165, 1.54) is 18.4 Å².